The molecule has 0 saturated carbocycles. The van der Waals surface area contributed by atoms with Crippen LogP contribution in [0.1, 0.15) is 24.5 Å². The van der Waals surface area contributed by atoms with Crippen LogP contribution in [0.15, 0.2) is 89.8 Å². The van der Waals surface area contributed by atoms with E-state index in [0.29, 0.717) is 18.7 Å². The summed E-state index contributed by atoms with van der Waals surface area (Å²) in [6.07, 6.45) is 0.741. The molecule has 0 aliphatic rings. The van der Waals surface area contributed by atoms with Crippen LogP contribution in [-0.2, 0) is 32.5 Å². The Morgan fingerprint density at radius 2 is 1.40 bits per heavy atom. The number of carbonyl (C=O) groups excluding carboxylic acids is 1. The highest BCUT2D eigenvalue weighted by atomic mass is 32.2. The Balaban J connectivity index is 1.95. The maximum absolute atomic E-state index is 13.5. The number of anilines is 1. The molecule has 0 aliphatic heterocycles. The fourth-order valence-corrected chi connectivity index (χ4v) is 4.67. The zero-order chi connectivity index (χ0) is 21.4. The molecule has 0 unspecified atom stereocenters. The Morgan fingerprint density at radius 3 is 2.03 bits per heavy atom. The third kappa shape index (κ3) is 5.27. The second-order valence-electron chi connectivity index (χ2n) is 6.73. The van der Waals surface area contributed by atoms with Gasteiger partial charge in [-0.2, -0.15) is 0 Å². The quantitative estimate of drug-likeness (QED) is 0.473. The van der Waals surface area contributed by atoms with Gasteiger partial charge in [-0.1, -0.05) is 60.7 Å². The topological polar surface area (TPSA) is 63.7 Å². The van der Waals surface area contributed by atoms with Gasteiger partial charge in [0.2, 0.25) is 0 Å². The van der Waals surface area contributed by atoms with Crippen molar-refractivity contribution >= 4 is 21.7 Å². The van der Waals surface area contributed by atoms with Gasteiger partial charge < -0.3 is 4.74 Å². The number of para-hydroxylation sites is 1. The highest BCUT2D eigenvalue weighted by Crippen LogP contribution is 2.27. The number of esters is 1. The molecule has 30 heavy (non-hydrogen) atoms. The van der Waals surface area contributed by atoms with E-state index in [9.17, 15) is 13.2 Å². The molecule has 156 valence electrons. The van der Waals surface area contributed by atoms with E-state index in [1.165, 1.54) is 4.31 Å². The molecule has 0 N–H and O–H groups in total. The first kappa shape index (κ1) is 21.6. The monoisotopic (exact) mass is 423 g/mol. The van der Waals surface area contributed by atoms with Gasteiger partial charge in [-0.3, -0.25) is 9.10 Å². The zero-order valence-corrected chi connectivity index (χ0v) is 17.7. The minimum atomic E-state index is -3.77. The number of aryl methyl sites for hydroxylation is 1. The van der Waals surface area contributed by atoms with E-state index in [1.54, 1.807) is 49.4 Å². The number of ether oxygens (including phenoxy) is 1. The van der Waals surface area contributed by atoms with Crippen molar-refractivity contribution in [2.45, 2.75) is 31.2 Å². The van der Waals surface area contributed by atoms with Crippen molar-refractivity contribution in [2.75, 3.05) is 10.9 Å². The second kappa shape index (κ2) is 10.1. The van der Waals surface area contributed by atoms with Gasteiger partial charge in [-0.05, 0) is 48.7 Å². The maximum Gasteiger partial charge on any atom is 0.306 e. The Morgan fingerprint density at radius 1 is 0.833 bits per heavy atom. The summed E-state index contributed by atoms with van der Waals surface area (Å²) in [6, 6.07) is 25.0. The Kier molecular flexibility index (Phi) is 7.25. The first-order valence-electron chi connectivity index (χ1n) is 9.87. The SMILES string of the molecule is CCOC(=O)CCc1ccccc1CN(c1ccccc1)S(=O)(=O)c1ccccc1. The molecule has 0 bridgehead atoms. The Labute approximate surface area is 178 Å². The largest absolute Gasteiger partial charge is 0.466 e. The van der Waals surface area contributed by atoms with Gasteiger partial charge in [0, 0.05) is 6.42 Å². The summed E-state index contributed by atoms with van der Waals surface area (Å²) in [4.78, 5) is 12.0. The van der Waals surface area contributed by atoms with Crippen molar-refractivity contribution < 1.29 is 17.9 Å². The van der Waals surface area contributed by atoms with Gasteiger partial charge in [0.25, 0.3) is 10.0 Å². The van der Waals surface area contributed by atoms with Crippen molar-refractivity contribution in [1.82, 2.24) is 0 Å². The lowest BCUT2D eigenvalue weighted by atomic mass is 10.0. The summed E-state index contributed by atoms with van der Waals surface area (Å²) >= 11 is 0. The molecule has 0 amide bonds. The number of carbonyl (C=O) groups is 1. The first-order valence-corrected chi connectivity index (χ1v) is 11.3. The lowest BCUT2D eigenvalue weighted by molar-refractivity contribution is -0.143. The van der Waals surface area contributed by atoms with E-state index >= 15 is 0 Å². The van der Waals surface area contributed by atoms with Crippen molar-refractivity contribution in [3.8, 4) is 0 Å². The standard InChI is InChI=1S/C24H25NO4S/c1-2-29-24(26)18-17-20-11-9-10-12-21(20)19-25(22-13-5-3-6-14-22)30(27,28)23-15-7-4-8-16-23/h3-16H,2,17-19H2,1H3. The molecule has 0 radical (unpaired) electrons. The molecule has 0 fully saturated rings. The average Bonchev–Trinajstić information content (AvgIpc) is 2.78. The Hall–Kier alpha value is -3.12. The lowest BCUT2D eigenvalue weighted by Gasteiger charge is -2.26. The predicted octanol–water partition coefficient (Wildman–Crippen LogP) is 4.58. The van der Waals surface area contributed by atoms with Gasteiger partial charge in [-0.15, -0.1) is 0 Å². The van der Waals surface area contributed by atoms with Crippen molar-refractivity contribution in [1.29, 1.82) is 0 Å². The molecule has 0 heterocycles. The summed E-state index contributed by atoms with van der Waals surface area (Å²) in [7, 11) is -3.77. The summed E-state index contributed by atoms with van der Waals surface area (Å²) in [5, 5.41) is 0. The third-order valence-corrected chi connectivity index (χ3v) is 6.50. The molecule has 0 aliphatic carbocycles. The van der Waals surface area contributed by atoms with Crippen LogP contribution in [0.2, 0.25) is 0 Å². The minimum Gasteiger partial charge on any atom is -0.466 e. The Bertz CT molecular complexity index is 1070. The molecule has 0 aromatic heterocycles. The van der Waals surface area contributed by atoms with E-state index in [2.05, 4.69) is 0 Å². The molecular formula is C24H25NO4S. The van der Waals surface area contributed by atoms with Crippen LogP contribution in [-0.4, -0.2) is 21.0 Å². The number of sulfonamides is 1. The normalized spacial score (nSPS) is 11.1. The summed E-state index contributed by atoms with van der Waals surface area (Å²) in [6.45, 7) is 2.29. The number of hydrogen-bond acceptors (Lipinski definition) is 4. The van der Waals surface area contributed by atoms with Crippen LogP contribution in [0.4, 0.5) is 5.69 Å². The summed E-state index contributed by atoms with van der Waals surface area (Å²) in [5.41, 5.74) is 2.36. The molecule has 6 heteroatoms. The maximum atomic E-state index is 13.5. The number of benzene rings is 3. The minimum absolute atomic E-state index is 0.167. The van der Waals surface area contributed by atoms with Crippen molar-refractivity contribution in [3.05, 3.63) is 96.1 Å². The molecule has 5 nitrogen and oxygen atoms in total. The van der Waals surface area contributed by atoms with Crippen molar-refractivity contribution in [3.63, 3.8) is 0 Å². The van der Waals surface area contributed by atoms with Crippen molar-refractivity contribution in [2.24, 2.45) is 0 Å². The average molecular weight is 424 g/mol. The van der Waals surface area contributed by atoms with Crippen LogP contribution in [0, 0.1) is 0 Å². The first-order chi connectivity index (χ1) is 14.5. The highest BCUT2D eigenvalue weighted by Gasteiger charge is 2.25. The molecule has 3 aromatic carbocycles. The highest BCUT2D eigenvalue weighted by molar-refractivity contribution is 7.92. The second-order valence-corrected chi connectivity index (χ2v) is 8.60. The van der Waals surface area contributed by atoms with E-state index in [1.807, 2.05) is 42.5 Å². The number of nitrogens with zero attached hydrogens (tertiary/aromatic N) is 1. The van der Waals surface area contributed by atoms with E-state index in [0.717, 1.165) is 11.1 Å². The number of hydrogen-bond donors (Lipinski definition) is 0. The van der Waals surface area contributed by atoms with E-state index in [-0.39, 0.29) is 23.8 Å². The molecule has 0 saturated heterocycles. The molecule has 0 atom stereocenters. The summed E-state index contributed by atoms with van der Waals surface area (Å²) < 4.78 is 33.3. The molecule has 0 spiro atoms. The van der Waals surface area contributed by atoms with Gasteiger partial charge in [-0.25, -0.2) is 8.42 Å². The third-order valence-electron chi connectivity index (χ3n) is 4.71. The zero-order valence-electron chi connectivity index (χ0n) is 16.9. The van der Waals surface area contributed by atoms with Gasteiger partial charge in [0.15, 0.2) is 0 Å². The lowest BCUT2D eigenvalue weighted by Crippen LogP contribution is -2.31. The fraction of sp³-hybridized carbons (Fsp3) is 0.208. The molecule has 3 rings (SSSR count). The van der Waals surface area contributed by atoms with Gasteiger partial charge in [0.05, 0.1) is 23.7 Å². The predicted molar refractivity (Wildman–Crippen MR) is 118 cm³/mol. The van der Waals surface area contributed by atoms with Crippen LogP contribution in [0.25, 0.3) is 0 Å². The van der Waals surface area contributed by atoms with Gasteiger partial charge >= 0.3 is 5.97 Å². The van der Waals surface area contributed by atoms with E-state index < -0.39 is 10.0 Å². The van der Waals surface area contributed by atoms with Crippen LogP contribution >= 0.6 is 0 Å². The molecular weight excluding hydrogens is 398 g/mol. The van der Waals surface area contributed by atoms with Crippen LogP contribution < -0.4 is 4.31 Å². The van der Waals surface area contributed by atoms with Crippen LogP contribution in [0.3, 0.4) is 0 Å². The number of rotatable bonds is 9. The molecule has 3 aromatic rings. The fourth-order valence-electron chi connectivity index (χ4n) is 3.21. The van der Waals surface area contributed by atoms with Gasteiger partial charge in [0.1, 0.15) is 0 Å². The van der Waals surface area contributed by atoms with E-state index in [4.69, 9.17) is 4.74 Å². The van der Waals surface area contributed by atoms with Crippen LogP contribution in [0.5, 0.6) is 0 Å². The summed E-state index contributed by atoms with van der Waals surface area (Å²) in [5.74, 6) is -0.260. The smallest absolute Gasteiger partial charge is 0.306 e.